The zero-order valence-electron chi connectivity index (χ0n) is 21.9. The van der Waals surface area contributed by atoms with Gasteiger partial charge in [-0.1, -0.05) is 46.5 Å². The summed E-state index contributed by atoms with van der Waals surface area (Å²) in [6, 6.07) is 2.21. The summed E-state index contributed by atoms with van der Waals surface area (Å²) in [6.07, 6.45) is 20.3. The Balaban J connectivity index is 1.19. The maximum atomic E-state index is 11.3. The molecule has 1 aromatic rings. The van der Waals surface area contributed by atoms with E-state index >= 15 is 0 Å². The molecule has 4 heteroatoms. The van der Waals surface area contributed by atoms with Gasteiger partial charge in [0.05, 0.1) is 17.4 Å². The molecule has 5 rings (SSSR count). The fourth-order valence-electron chi connectivity index (χ4n) is 8.99. The molecule has 4 fully saturated rings. The minimum atomic E-state index is -0.356. The first-order valence-corrected chi connectivity index (χ1v) is 14.4. The molecule has 8 atom stereocenters. The molecule has 0 unspecified atom stereocenters. The summed E-state index contributed by atoms with van der Waals surface area (Å²) in [4.78, 5) is 0. The molecule has 0 spiro atoms. The van der Waals surface area contributed by atoms with Crippen molar-refractivity contribution in [2.24, 2.45) is 46.8 Å². The molecule has 0 radical (unpaired) electrons. The van der Waals surface area contributed by atoms with Gasteiger partial charge in [-0.25, -0.2) is 0 Å². The fraction of sp³-hybridized carbons (Fsp3) is 0.867. The van der Waals surface area contributed by atoms with E-state index in [0.29, 0.717) is 16.9 Å². The molecule has 0 aromatic carbocycles. The summed E-state index contributed by atoms with van der Waals surface area (Å²) in [5.41, 5.74) is 0.769. The molecule has 1 aromatic heterocycles. The number of aromatic nitrogens is 2. The van der Waals surface area contributed by atoms with Gasteiger partial charge in [0.25, 0.3) is 0 Å². The van der Waals surface area contributed by atoms with Crippen LogP contribution >= 0.6 is 0 Å². The van der Waals surface area contributed by atoms with Crippen LogP contribution in [0.2, 0.25) is 0 Å². The molecular weight excluding hydrogens is 418 g/mol. The molecule has 0 saturated heterocycles. The summed E-state index contributed by atoms with van der Waals surface area (Å²) in [7, 11) is 0. The van der Waals surface area contributed by atoms with Crippen LogP contribution in [-0.4, -0.2) is 20.5 Å². The van der Waals surface area contributed by atoms with E-state index in [-0.39, 0.29) is 5.60 Å². The second-order valence-corrected chi connectivity index (χ2v) is 13.4. The summed E-state index contributed by atoms with van der Waals surface area (Å²) in [5, 5.41) is 24.9. The van der Waals surface area contributed by atoms with Crippen LogP contribution in [0.15, 0.2) is 12.4 Å². The van der Waals surface area contributed by atoms with Gasteiger partial charge < -0.3 is 5.11 Å². The van der Waals surface area contributed by atoms with Crippen LogP contribution in [0.3, 0.4) is 0 Å². The first kappa shape index (κ1) is 24.4. The number of fused-ring (bicyclic) bond motifs is 1. The third-order valence-electron chi connectivity index (χ3n) is 11.1. The molecule has 4 nitrogen and oxygen atoms in total. The SMILES string of the molecule is C[C@H](Cn1cc(C#N)cn1)[C@H]1CC[C@H]2[C@H](CC[C@@H]3C[C@@](O)(CC4CC4)CC[C@@H]3C)CCC[C@]12C. The van der Waals surface area contributed by atoms with Gasteiger partial charge in [-0.05, 0) is 105 Å². The third-order valence-corrected chi connectivity index (χ3v) is 11.1. The molecule has 0 bridgehead atoms. The largest absolute Gasteiger partial charge is 0.390 e. The van der Waals surface area contributed by atoms with Crippen molar-refractivity contribution in [3.05, 3.63) is 18.0 Å². The van der Waals surface area contributed by atoms with Gasteiger partial charge >= 0.3 is 0 Å². The van der Waals surface area contributed by atoms with Crippen molar-refractivity contribution in [2.45, 2.75) is 116 Å². The second-order valence-electron chi connectivity index (χ2n) is 13.4. The Morgan fingerprint density at radius 2 is 1.94 bits per heavy atom. The average Bonchev–Trinajstić information content (AvgIpc) is 3.36. The number of rotatable bonds is 8. The lowest BCUT2D eigenvalue weighted by atomic mass is 9.58. The Kier molecular flexibility index (Phi) is 6.88. The summed E-state index contributed by atoms with van der Waals surface area (Å²) in [6.45, 7) is 8.41. The van der Waals surface area contributed by atoms with Crippen LogP contribution in [0.1, 0.15) is 110 Å². The van der Waals surface area contributed by atoms with Crippen LogP contribution in [0.25, 0.3) is 0 Å². The Morgan fingerprint density at radius 3 is 2.68 bits per heavy atom. The first-order valence-electron chi connectivity index (χ1n) is 14.4. The molecule has 0 amide bonds. The molecule has 188 valence electrons. The lowest BCUT2D eigenvalue weighted by Crippen LogP contribution is -2.41. The minimum Gasteiger partial charge on any atom is -0.390 e. The zero-order valence-corrected chi connectivity index (χ0v) is 21.9. The maximum absolute atomic E-state index is 11.3. The zero-order chi connectivity index (χ0) is 23.9. The number of hydrogen-bond donors (Lipinski definition) is 1. The van der Waals surface area contributed by atoms with Gasteiger partial charge in [0, 0.05) is 12.7 Å². The lowest BCUT2D eigenvalue weighted by Gasteiger charge is -2.47. The van der Waals surface area contributed by atoms with Gasteiger partial charge in [0.15, 0.2) is 0 Å². The Hall–Kier alpha value is -1.34. The quantitative estimate of drug-likeness (QED) is 0.451. The highest BCUT2D eigenvalue weighted by atomic mass is 16.3. The lowest BCUT2D eigenvalue weighted by molar-refractivity contribution is -0.0478. The number of aliphatic hydroxyl groups is 1. The Bertz CT molecular complexity index is 884. The highest BCUT2D eigenvalue weighted by Gasteiger charge is 2.52. The van der Waals surface area contributed by atoms with Gasteiger partial charge in [0.2, 0.25) is 0 Å². The maximum Gasteiger partial charge on any atom is 0.102 e. The van der Waals surface area contributed by atoms with Crippen molar-refractivity contribution in [1.29, 1.82) is 5.26 Å². The van der Waals surface area contributed by atoms with Crippen LogP contribution in [0.5, 0.6) is 0 Å². The number of nitrogens with zero attached hydrogens (tertiary/aromatic N) is 3. The predicted octanol–water partition coefficient (Wildman–Crippen LogP) is 6.97. The van der Waals surface area contributed by atoms with E-state index in [1.807, 2.05) is 10.9 Å². The van der Waals surface area contributed by atoms with Crippen molar-refractivity contribution >= 4 is 0 Å². The second kappa shape index (κ2) is 9.61. The Labute approximate surface area is 207 Å². The molecule has 34 heavy (non-hydrogen) atoms. The number of hydrogen-bond acceptors (Lipinski definition) is 3. The third kappa shape index (κ3) is 4.97. The molecule has 1 N–H and O–H groups in total. The molecule has 4 saturated carbocycles. The van der Waals surface area contributed by atoms with Crippen LogP contribution in [0.4, 0.5) is 0 Å². The van der Waals surface area contributed by atoms with Crippen LogP contribution in [0, 0.1) is 58.2 Å². The summed E-state index contributed by atoms with van der Waals surface area (Å²) >= 11 is 0. The predicted molar refractivity (Wildman–Crippen MR) is 136 cm³/mol. The molecule has 4 aliphatic rings. The van der Waals surface area contributed by atoms with Crippen molar-refractivity contribution in [3.63, 3.8) is 0 Å². The average molecular weight is 466 g/mol. The van der Waals surface area contributed by atoms with Gasteiger partial charge in [-0.3, -0.25) is 4.68 Å². The van der Waals surface area contributed by atoms with E-state index < -0.39 is 0 Å². The molecule has 0 aliphatic heterocycles. The fourth-order valence-corrected chi connectivity index (χ4v) is 8.99. The van der Waals surface area contributed by atoms with Gasteiger partial charge in [-0.2, -0.15) is 10.4 Å². The highest BCUT2D eigenvalue weighted by Crippen LogP contribution is 2.60. The van der Waals surface area contributed by atoms with E-state index in [1.54, 1.807) is 6.20 Å². The molecular formula is C30H47N3O. The standard InChI is InChI=1S/C30H47N3O/c1-21-12-14-30(34,15-23-6-7-23)16-26(21)9-8-25-5-4-13-29(3)27(10-11-28(25)29)22(2)19-33-20-24(17-31)18-32-33/h18,20-23,25-28,34H,4-16,19H2,1-3H3/t21-,22+,25-,26+,27+,28-,29+,30-/m0/s1. The molecule has 1 heterocycles. The number of nitriles is 1. The normalized spacial score (nSPS) is 41.1. The topological polar surface area (TPSA) is 61.8 Å². The summed E-state index contributed by atoms with van der Waals surface area (Å²) < 4.78 is 1.99. The first-order chi connectivity index (χ1) is 16.3. The van der Waals surface area contributed by atoms with E-state index in [0.717, 1.165) is 61.3 Å². The minimum absolute atomic E-state index is 0.356. The van der Waals surface area contributed by atoms with E-state index in [2.05, 4.69) is 31.9 Å². The van der Waals surface area contributed by atoms with Gasteiger partial charge in [0.1, 0.15) is 6.07 Å². The van der Waals surface area contributed by atoms with E-state index in [4.69, 9.17) is 5.26 Å². The highest BCUT2D eigenvalue weighted by molar-refractivity contribution is 5.21. The van der Waals surface area contributed by atoms with Crippen molar-refractivity contribution in [2.75, 3.05) is 0 Å². The van der Waals surface area contributed by atoms with E-state index in [1.165, 1.54) is 64.2 Å². The molecule has 4 aliphatic carbocycles. The van der Waals surface area contributed by atoms with E-state index in [9.17, 15) is 5.11 Å². The smallest absolute Gasteiger partial charge is 0.102 e. The Morgan fingerprint density at radius 1 is 1.15 bits per heavy atom. The van der Waals surface area contributed by atoms with Crippen LogP contribution < -0.4 is 0 Å². The van der Waals surface area contributed by atoms with Crippen molar-refractivity contribution in [1.82, 2.24) is 9.78 Å². The van der Waals surface area contributed by atoms with Crippen molar-refractivity contribution in [3.8, 4) is 6.07 Å². The van der Waals surface area contributed by atoms with Crippen molar-refractivity contribution < 1.29 is 5.11 Å². The summed E-state index contributed by atoms with van der Waals surface area (Å²) in [5.74, 6) is 5.41. The monoisotopic (exact) mass is 465 g/mol. The van der Waals surface area contributed by atoms with Crippen LogP contribution in [-0.2, 0) is 6.54 Å². The van der Waals surface area contributed by atoms with Gasteiger partial charge in [-0.15, -0.1) is 0 Å².